The zero-order valence-corrected chi connectivity index (χ0v) is 15.9. The molecule has 3 heteroatoms. The van der Waals surface area contributed by atoms with Gasteiger partial charge in [-0.1, -0.05) is 59.7 Å². The van der Waals surface area contributed by atoms with E-state index < -0.39 is 0 Å². The maximum absolute atomic E-state index is 12.6. The molecule has 1 N–H and O–H groups in total. The van der Waals surface area contributed by atoms with Crippen LogP contribution in [0.15, 0.2) is 42.5 Å². The molecule has 132 valence electrons. The largest absolute Gasteiger partial charge is 0.322 e. The van der Waals surface area contributed by atoms with Crippen LogP contribution in [0, 0.1) is 0 Å². The fraction of sp³-hybridized carbons (Fsp3) is 0.364. The minimum Gasteiger partial charge on any atom is -0.322 e. The molecule has 2 aromatic carbocycles. The third-order valence-corrected chi connectivity index (χ3v) is 4.21. The number of nitrogens with one attached hydrogen (secondary N) is 1. The molecule has 2 aromatic rings. The van der Waals surface area contributed by atoms with Gasteiger partial charge in [-0.25, -0.2) is 0 Å². The van der Waals surface area contributed by atoms with Crippen molar-refractivity contribution in [2.24, 2.45) is 0 Å². The van der Waals surface area contributed by atoms with Gasteiger partial charge in [-0.2, -0.15) is 0 Å². The number of amides is 1. The van der Waals surface area contributed by atoms with E-state index in [1.807, 2.05) is 12.1 Å². The number of hydrogen-bond donors (Lipinski definition) is 1. The van der Waals surface area contributed by atoms with Gasteiger partial charge in [-0.05, 0) is 46.2 Å². The van der Waals surface area contributed by atoms with E-state index in [1.54, 1.807) is 24.3 Å². The molecule has 0 aliphatic rings. The van der Waals surface area contributed by atoms with E-state index in [1.165, 1.54) is 11.1 Å². The second kappa shape index (κ2) is 6.83. The molecule has 3 nitrogen and oxygen atoms in total. The molecule has 0 aromatic heterocycles. The molecule has 0 bridgehead atoms. The number of rotatable bonds is 3. The molecule has 0 radical (unpaired) electrons. The van der Waals surface area contributed by atoms with E-state index in [4.69, 9.17) is 0 Å². The van der Waals surface area contributed by atoms with Crippen molar-refractivity contribution in [1.29, 1.82) is 0 Å². The number of carbonyl (C=O) groups excluding carboxylic acids is 2. The molecule has 2 rings (SSSR count). The van der Waals surface area contributed by atoms with Crippen molar-refractivity contribution >= 4 is 17.9 Å². The van der Waals surface area contributed by atoms with Crippen molar-refractivity contribution in [3.05, 3.63) is 64.7 Å². The van der Waals surface area contributed by atoms with E-state index >= 15 is 0 Å². The van der Waals surface area contributed by atoms with Crippen LogP contribution in [0.5, 0.6) is 0 Å². The molecular formula is C22H27NO2. The summed E-state index contributed by atoms with van der Waals surface area (Å²) >= 11 is 0. The zero-order chi connectivity index (χ0) is 18.8. The highest BCUT2D eigenvalue weighted by Gasteiger charge is 2.21. The van der Waals surface area contributed by atoms with Crippen LogP contribution in [0.1, 0.15) is 73.4 Å². The first-order valence-corrected chi connectivity index (χ1v) is 8.53. The molecule has 0 atom stereocenters. The standard InChI is InChI=1S/C22H27NO2/c1-21(2,3)17-11-18(22(4,5)6)13-19(12-17)23-20(25)16-9-7-8-15(10-16)14-24/h7-14H,1-6H3,(H,23,25). The average Bonchev–Trinajstić information content (AvgIpc) is 2.53. The molecule has 0 saturated heterocycles. The van der Waals surface area contributed by atoms with E-state index in [2.05, 4.69) is 52.9 Å². The lowest BCUT2D eigenvalue weighted by atomic mass is 9.80. The van der Waals surface area contributed by atoms with Crippen LogP contribution < -0.4 is 5.32 Å². The summed E-state index contributed by atoms with van der Waals surface area (Å²) in [4.78, 5) is 23.5. The molecule has 0 unspecified atom stereocenters. The van der Waals surface area contributed by atoms with Crippen molar-refractivity contribution in [1.82, 2.24) is 0 Å². The Labute approximate surface area is 150 Å². The smallest absolute Gasteiger partial charge is 0.255 e. The van der Waals surface area contributed by atoms with Gasteiger partial charge in [-0.15, -0.1) is 0 Å². The molecule has 0 aliphatic carbocycles. The van der Waals surface area contributed by atoms with Gasteiger partial charge in [0.15, 0.2) is 0 Å². The SMILES string of the molecule is CC(C)(C)c1cc(NC(=O)c2cccc(C=O)c2)cc(C(C)(C)C)c1. The third kappa shape index (κ3) is 4.79. The summed E-state index contributed by atoms with van der Waals surface area (Å²) in [6.07, 6.45) is 0.745. The minimum absolute atomic E-state index is 0.0157. The lowest BCUT2D eigenvalue weighted by Crippen LogP contribution is -2.19. The number of benzene rings is 2. The number of hydrogen-bond acceptors (Lipinski definition) is 2. The van der Waals surface area contributed by atoms with E-state index in [9.17, 15) is 9.59 Å². The minimum atomic E-state index is -0.213. The Bertz CT molecular complexity index is 760. The van der Waals surface area contributed by atoms with Gasteiger partial charge in [-0.3, -0.25) is 9.59 Å². The van der Waals surface area contributed by atoms with Gasteiger partial charge in [0.05, 0.1) is 0 Å². The Morgan fingerprint density at radius 2 is 1.44 bits per heavy atom. The quantitative estimate of drug-likeness (QED) is 0.768. The Balaban J connectivity index is 2.40. The summed E-state index contributed by atoms with van der Waals surface area (Å²) in [7, 11) is 0. The average molecular weight is 337 g/mol. The van der Waals surface area contributed by atoms with Crippen LogP contribution in [-0.2, 0) is 10.8 Å². The molecule has 0 heterocycles. The second-order valence-corrected chi connectivity index (χ2v) is 8.50. The van der Waals surface area contributed by atoms with Crippen LogP contribution in [-0.4, -0.2) is 12.2 Å². The molecule has 25 heavy (non-hydrogen) atoms. The third-order valence-electron chi connectivity index (χ3n) is 4.21. The summed E-state index contributed by atoms with van der Waals surface area (Å²) in [5.41, 5.74) is 4.07. The summed E-state index contributed by atoms with van der Waals surface area (Å²) in [6.45, 7) is 13.0. The van der Waals surface area contributed by atoms with Crippen molar-refractivity contribution in [3.63, 3.8) is 0 Å². The van der Waals surface area contributed by atoms with Crippen LogP contribution >= 0.6 is 0 Å². The van der Waals surface area contributed by atoms with Gasteiger partial charge >= 0.3 is 0 Å². The number of anilines is 1. The highest BCUT2D eigenvalue weighted by Crippen LogP contribution is 2.32. The summed E-state index contributed by atoms with van der Waals surface area (Å²) in [5.74, 6) is -0.213. The van der Waals surface area contributed by atoms with Crippen LogP contribution in [0.3, 0.4) is 0 Å². The maximum Gasteiger partial charge on any atom is 0.255 e. The molecule has 0 spiro atoms. The van der Waals surface area contributed by atoms with Gasteiger partial charge < -0.3 is 5.32 Å². The van der Waals surface area contributed by atoms with Crippen LogP contribution in [0.2, 0.25) is 0 Å². The van der Waals surface area contributed by atoms with E-state index in [0.29, 0.717) is 11.1 Å². The second-order valence-electron chi connectivity index (χ2n) is 8.50. The molecule has 0 fully saturated rings. The van der Waals surface area contributed by atoms with E-state index in [-0.39, 0.29) is 16.7 Å². The van der Waals surface area contributed by atoms with Gasteiger partial charge in [0.25, 0.3) is 5.91 Å². The zero-order valence-electron chi connectivity index (χ0n) is 15.9. The molecule has 0 saturated carbocycles. The molecule has 0 aliphatic heterocycles. The summed E-state index contributed by atoms with van der Waals surface area (Å²) in [5, 5.41) is 2.98. The first-order chi connectivity index (χ1) is 11.5. The van der Waals surface area contributed by atoms with Crippen molar-refractivity contribution in [3.8, 4) is 0 Å². The number of aldehydes is 1. The van der Waals surface area contributed by atoms with Gasteiger partial charge in [0, 0.05) is 16.8 Å². The monoisotopic (exact) mass is 337 g/mol. The number of carbonyl (C=O) groups is 2. The molecule has 1 amide bonds. The summed E-state index contributed by atoms with van der Waals surface area (Å²) < 4.78 is 0. The maximum atomic E-state index is 12.6. The van der Waals surface area contributed by atoms with Gasteiger partial charge in [0.1, 0.15) is 6.29 Å². The predicted octanol–water partition coefficient (Wildman–Crippen LogP) is 5.35. The first kappa shape index (κ1) is 18.9. The first-order valence-electron chi connectivity index (χ1n) is 8.53. The lowest BCUT2D eigenvalue weighted by molar-refractivity contribution is 0.102. The Kier molecular flexibility index (Phi) is 5.17. The van der Waals surface area contributed by atoms with Crippen molar-refractivity contribution in [2.45, 2.75) is 52.4 Å². The predicted molar refractivity (Wildman–Crippen MR) is 104 cm³/mol. The Morgan fingerprint density at radius 1 is 0.880 bits per heavy atom. The summed E-state index contributed by atoms with van der Waals surface area (Å²) in [6, 6.07) is 13.0. The fourth-order valence-electron chi connectivity index (χ4n) is 2.52. The normalized spacial score (nSPS) is 11.9. The van der Waals surface area contributed by atoms with Crippen molar-refractivity contribution < 1.29 is 9.59 Å². The lowest BCUT2D eigenvalue weighted by Gasteiger charge is -2.26. The fourth-order valence-corrected chi connectivity index (χ4v) is 2.52. The molecular weight excluding hydrogens is 310 g/mol. The van der Waals surface area contributed by atoms with Crippen LogP contribution in [0.4, 0.5) is 5.69 Å². The van der Waals surface area contributed by atoms with Crippen LogP contribution in [0.25, 0.3) is 0 Å². The van der Waals surface area contributed by atoms with Crippen molar-refractivity contribution in [2.75, 3.05) is 5.32 Å². The highest BCUT2D eigenvalue weighted by molar-refractivity contribution is 6.05. The highest BCUT2D eigenvalue weighted by atomic mass is 16.1. The van der Waals surface area contributed by atoms with Gasteiger partial charge in [0.2, 0.25) is 0 Å². The topological polar surface area (TPSA) is 46.2 Å². The Morgan fingerprint density at radius 3 is 1.92 bits per heavy atom. The van der Waals surface area contributed by atoms with E-state index in [0.717, 1.165) is 12.0 Å². The Hall–Kier alpha value is -2.42.